The lowest BCUT2D eigenvalue weighted by Gasteiger charge is -2.58. The Balaban J connectivity index is 1.71. The standard InChI is InChI=1S/C18H24ClN5O4S2/c1-5-18(3)8-30-16-13(15(27)24(16)9(18)2)22-14(26)12(23-28-4)10-7-29-17(20-10)21-11(25)6-19/h7,9,13,16H,5-6,8H2,1-4H3,(H,22,26)(H,20,21,25)/b23-12-. The number of nitrogens with one attached hydrogen (secondary N) is 2. The Morgan fingerprint density at radius 3 is 2.87 bits per heavy atom. The molecule has 0 bridgehead atoms. The van der Waals surface area contributed by atoms with Crippen molar-refractivity contribution in [2.75, 3.05) is 24.1 Å². The first kappa shape index (κ1) is 22.8. The van der Waals surface area contributed by atoms with Gasteiger partial charge in [0.25, 0.3) is 5.91 Å². The number of nitrogens with zero attached hydrogens (tertiary/aromatic N) is 3. The Labute approximate surface area is 187 Å². The van der Waals surface area contributed by atoms with Gasteiger partial charge in [0.1, 0.15) is 30.1 Å². The highest BCUT2D eigenvalue weighted by Gasteiger charge is 2.57. The van der Waals surface area contributed by atoms with Gasteiger partial charge in [-0.05, 0) is 18.8 Å². The van der Waals surface area contributed by atoms with E-state index in [2.05, 4.69) is 41.5 Å². The lowest BCUT2D eigenvalue weighted by Crippen LogP contribution is -2.75. The van der Waals surface area contributed by atoms with Crippen LogP contribution >= 0.6 is 34.7 Å². The molecule has 3 heterocycles. The van der Waals surface area contributed by atoms with Crippen molar-refractivity contribution in [1.29, 1.82) is 0 Å². The van der Waals surface area contributed by atoms with Crippen molar-refractivity contribution in [3.8, 4) is 0 Å². The number of thioether (sulfide) groups is 1. The van der Waals surface area contributed by atoms with Crippen LogP contribution in [0.1, 0.15) is 32.9 Å². The number of halogens is 1. The number of oxime groups is 1. The normalized spacial score (nSPS) is 28.4. The molecule has 9 nitrogen and oxygen atoms in total. The number of rotatable bonds is 7. The van der Waals surface area contributed by atoms with Gasteiger partial charge in [0, 0.05) is 17.2 Å². The largest absolute Gasteiger partial charge is 0.398 e. The molecule has 12 heteroatoms. The Bertz CT molecular complexity index is 879. The van der Waals surface area contributed by atoms with Crippen LogP contribution in [0.15, 0.2) is 10.5 Å². The molecule has 2 saturated heterocycles. The summed E-state index contributed by atoms with van der Waals surface area (Å²) >= 11 is 8.29. The van der Waals surface area contributed by atoms with E-state index in [4.69, 9.17) is 16.4 Å². The summed E-state index contributed by atoms with van der Waals surface area (Å²) < 4.78 is 0. The van der Waals surface area contributed by atoms with Gasteiger partial charge in [-0.15, -0.1) is 34.7 Å². The first-order valence-corrected chi connectivity index (χ1v) is 11.9. The molecule has 4 atom stereocenters. The van der Waals surface area contributed by atoms with Crippen LogP contribution in [0.4, 0.5) is 5.13 Å². The summed E-state index contributed by atoms with van der Waals surface area (Å²) in [5.41, 5.74) is 0.216. The second-order valence-corrected chi connectivity index (χ2v) is 9.65. The third-order valence-corrected chi connectivity index (χ3v) is 8.36. The molecule has 0 aliphatic carbocycles. The van der Waals surface area contributed by atoms with Crippen molar-refractivity contribution < 1.29 is 19.2 Å². The number of carbonyl (C=O) groups excluding carboxylic acids is 3. The zero-order valence-electron chi connectivity index (χ0n) is 17.1. The Morgan fingerprint density at radius 1 is 1.50 bits per heavy atom. The highest BCUT2D eigenvalue weighted by molar-refractivity contribution is 8.00. The second-order valence-electron chi connectivity index (χ2n) is 7.42. The smallest absolute Gasteiger partial charge is 0.276 e. The molecule has 2 aliphatic heterocycles. The van der Waals surface area contributed by atoms with E-state index in [9.17, 15) is 14.4 Å². The number of hydrogen-bond donors (Lipinski definition) is 2. The molecule has 2 fully saturated rings. The lowest BCUT2D eigenvalue weighted by molar-refractivity contribution is -0.155. The van der Waals surface area contributed by atoms with Crippen molar-refractivity contribution in [3.05, 3.63) is 11.1 Å². The molecule has 30 heavy (non-hydrogen) atoms. The van der Waals surface area contributed by atoms with Gasteiger partial charge in [-0.1, -0.05) is 19.0 Å². The zero-order chi connectivity index (χ0) is 22.1. The van der Waals surface area contributed by atoms with Gasteiger partial charge in [-0.3, -0.25) is 14.4 Å². The maximum atomic E-state index is 12.9. The van der Waals surface area contributed by atoms with E-state index < -0.39 is 17.9 Å². The van der Waals surface area contributed by atoms with Crippen molar-refractivity contribution >= 4 is 63.3 Å². The molecule has 3 rings (SSSR count). The predicted octanol–water partition coefficient (Wildman–Crippen LogP) is 1.88. The minimum atomic E-state index is -0.623. The molecule has 2 N–H and O–H groups in total. The number of amides is 3. The molecule has 0 spiro atoms. The Hall–Kier alpha value is -1.85. The minimum Gasteiger partial charge on any atom is -0.398 e. The van der Waals surface area contributed by atoms with E-state index in [0.29, 0.717) is 0 Å². The first-order valence-electron chi connectivity index (χ1n) is 9.43. The van der Waals surface area contributed by atoms with Crippen LogP contribution in [0.5, 0.6) is 0 Å². The highest BCUT2D eigenvalue weighted by Crippen LogP contribution is 2.47. The molecule has 1 aromatic rings. The van der Waals surface area contributed by atoms with E-state index in [1.165, 1.54) is 7.11 Å². The second kappa shape index (κ2) is 9.11. The third-order valence-electron chi connectivity index (χ3n) is 5.70. The number of alkyl halides is 1. The van der Waals surface area contributed by atoms with Crippen LogP contribution in [0.2, 0.25) is 0 Å². The summed E-state index contributed by atoms with van der Waals surface area (Å²) in [6.45, 7) is 6.38. The molecule has 2 aliphatic rings. The Morgan fingerprint density at radius 2 is 2.23 bits per heavy atom. The fourth-order valence-electron chi connectivity index (χ4n) is 3.43. The number of aromatic nitrogens is 1. The van der Waals surface area contributed by atoms with E-state index in [1.54, 1.807) is 17.1 Å². The molecule has 1 aromatic heterocycles. The maximum Gasteiger partial charge on any atom is 0.276 e. The molecule has 3 amide bonds. The molecule has 0 aromatic carbocycles. The summed E-state index contributed by atoms with van der Waals surface area (Å²) in [6.07, 6.45) is 0.978. The molecule has 4 unspecified atom stereocenters. The highest BCUT2D eigenvalue weighted by atomic mass is 35.5. The lowest BCUT2D eigenvalue weighted by atomic mass is 9.79. The summed E-state index contributed by atoms with van der Waals surface area (Å²) in [7, 11) is 1.32. The van der Waals surface area contributed by atoms with Crippen molar-refractivity contribution in [1.82, 2.24) is 15.2 Å². The van der Waals surface area contributed by atoms with Crippen LogP contribution in [0.25, 0.3) is 0 Å². The fraction of sp³-hybridized carbons (Fsp3) is 0.611. The maximum absolute atomic E-state index is 12.9. The summed E-state index contributed by atoms with van der Waals surface area (Å²) in [6, 6.07) is -0.518. The zero-order valence-corrected chi connectivity index (χ0v) is 19.5. The van der Waals surface area contributed by atoms with Crippen LogP contribution < -0.4 is 10.6 Å². The van der Waals surface area contributed by atoms with E-state index in [1.807, 2.05) is 4.90 Å². The van der Waals surface area contributed by atoms with Gasteiger partial charge in [-0.25, -0.2) is 4.98 Å². The SMILES string of the molecule is CCC1(C)CSC2C(NC(=O)/C(=N\OC)c3csc(NC(=O)CCl)n3)C(=O)N2C1C. The number of anilines is 1. The number of β-lactam (4-membered cyclic amide) rings is 1. The average molecular weight is 474 g/mol. The summed E-state index contributed by atoms with van der Waals surface area (Å²) in [4.78, 5) is 47.9. The summed E-state index contributed by atoms with van der Waals surface area (Å²) in [5.74, 6) is -0.357. The van der Waals surface area contributed by atoms with Crippen LogP contribution in [-0.2, 0) is 19.2 Å². The average Bonchev–Trinajstić information content (AvgIpc) is 3.19. The molecule has 0 radical (unpaired) electrons. The van der Waals surface area contributed by atoms with Crippen molar-refractivity contribution in [2.24, 2.45) is 10.6 Å². The number of thiazole rings is 1. The van der Waals surface area contributed by atoms with E-state index in [-0.39, 0.29) is 45.2 Å². The number of carbonyl (C=O) groups is 3. The van der Waals surface area contributed by atoms with E-state index >= 15 is 0 Å². The van der Waals surface area contributed by atoms with Crippen molar-refractivity contribution in [3.63, 3.8) is 0 Å². The topological polar surface area (TPSA) is 113 Å². The van der Waals surface area contributed by atoms with Crippen LogP contribution in [0.3, 0.4) is 0 Å². The van der Waals surface area contributed by atoms with E-state index in [0.717, 1.165) is 23.5 Å². The molecular formula is C18H24ClN5O4S2. The number of hydrogen-bond acceptors (Lipinski definition) is 8. The Kier molecular flexibility index (Phi) is 6.93. The monoisotopic (exact) mass is 473 g/mol. The van der Waals surface area contributed by atoms with Crippen LogP contribution in [0, 0.1) is 5.41 Å². The van der Waals surface area contributed by atoms with Gasteiger partial charge >= 0.3 is 0 Å². The van der Waals surface area contributed by atoms with Gasteiger partial charge in [0.2, 0.25) is 11.8 Å². The predicted molar refractivity (Wildman–Crippen MR) is 118 cm³/mol. The number of fused-ring (bicyclic) bond motifs is 1. The van der Waals surface area contributed by atoms with Gasteiger partial charge < -0.3 is 20.4 Å². The quantitative estimate of drug-likeness (QED) is 0.270. The van der Waals surface area contributed by atoms with Crippen molar-refractivity contribution in [2.45, 2.75) is 44.6 Å². The molecule has 0 saturated carbocycles. The third kappa shape index (κ3) is 4.15. The first-order chi connectivity index (χ1) is 14.3. The fourth-order valence-corrected chi connectivity index (χ4v) is 6.03. The molecular weight excluding hydrogens is 450 g/mol. The van der Waals surface area contributed by atoms with Crippen LogP contribution in [-0.4, -0.2) is 69.5 Å². The van der Waals surface area contributed by atoms with Gasteiger partial charge in [0.05, 0.1) is 0 Å². The van der Waals surface area contributed by atoms with Gasteiger partial charge in [-0.2, -0.15) is 0 Å². The molecule has 164 valence electrons. The summed E-state index contributed by atoms with van der Waals surface area (Å²) in [5, 5.41) is 10.8. The van der Waals surface area contributed by atoms with Gasteiger partial charge in [0.15, 0.2) is 10.8 Å². The minimum absolute atomic E-state index is 0.0545.